The van der Waals surface area contributed by atoms with Gasteiger partial charge in [0.25, 0.3) is 0 Å². The standard InChI is InChI=1S/C12H10BrNO/c1-8-2-3-11(13)10(4-8)12(7-14)5-9(15)6-12/h2-4H,5-6H2,1H3. The lowest BCUT2D eigenvalue weighted by Gasteiger charge is -2.35. The molecule has 0 unspecified atom stereocenters. The van der Waals surface area contributed by atoms with E-state index in [1.807, 2.05) is 25.1 Å². The Labute approximate surface area is 97.0 Å². The van der Waals surface area contributed by atoms with Gasteiger partial charge in [0, 0.05) is 17.3 Å². The van der Waals surface area contributed by atoms with E-state index in [-0.39, 0.29) is 5.78 Å². The molecule has 0 aromatic heterocycles. The highest BCUT2D eigenvalue weighted by Crippen LogP contribution is 2.43. The van der Waals surface area contributed by atoms with E-state index in [1.54, 1.807) is 0 Å². The van der Waals surface area contributed by atoms with Crippen molar-refractivity contribution in [3.63, 3.8) is 0 Å². The molecule has 1 aliphatic rings. The van der Waals surface area contributed by atoms with Crippen molar-refractivity contribution in [2.24, 2.45) is 0 Å². The molecule has 1 saturated carbocycles. The molecule has 0 bridgehead atoms. The fourth-order valence-electron chi connectivity index (χ4n) is 1.96. The van der Waals surface area contributed by atoms with Gasteiger partial charge in [-0.25, -0.2) is 0 Å². The number of nitrogens with zero attached hydrogens (tertiary/aromatic N) is 1. The van der Waals surface area contributed by atoms with Gasteiger partial charge in [-0.1, -0.05) is 33.6 Å². The fraction of sp³-hybridized carbons (Fsp3) is 0.333. The van der Waals surface area contributed by atoms with E-state index in [1.165, 1.54) is 0 Å². The molecule has 1 aromatic carbocycles. The van der Waals surface area contributed by atoms with Crippen LogP contribution >= 0.6 is 15.9 Å². The summed E-state index contributed by atoms with van der Waals surface area (Å²) in [7, 11) is 0. The number of Topliss-reactive ketones (excluding diaryl/α,β-unsaturated/α-hetero) is 1. The maximum atomic E-state index is 11.1. The first-order chi connectivity index (χ1) is 7.07. The lowest BCUT2D eigenvalue weighted by Crippen LogP contribution is -2.40. The predicted molar refractivity (Wildman–Crippen MR) is 60.4 cm³/mol. The van der Waals surface area contributed by atoms with Crippen LogP contribution < -0.4 is 0 Å². The first-order valence-corrected chi connectivity index (χ1v) is 5.56. The second-order valence-corrected chi connectivity index (χ2v) is 4.92. The van der Waals surface area contributed by atoms with Crippen LogP contribution in [0.2, 0.25) is 0 Å². The molecule has 0 radical (unpaired) electrons. The first-order valence-electron chi connectivity index (χ1n) is 4.77. The molecule has 76 valence electrons. The SMILES string of the molecule is Cc1ccc(Br)c(C2(C#N)CC(=O)C2)c1. The van der Waals surface area contributed by atoms with E-state index in [2.05, 4.69) is 22.0 Å². The van der Waals surface area contributed by atoms with Gasteiger partial charge >= 0.3 is 0 Å². The van der Waals surface area contributed by atoms with Crippen LogP contribution in [0.25, 0.3) is 0 Å². The Kier molecular flexibility index (Phi) is 2.40. The number of hydrogen-bond acceptors (Lipinski definition) is 2. The van der Waals surface area contributed by atoms with E-state index < -0.39 is 5.41 Å². The van der Waals surface area contributed by atoms with E-state index >= 15 is 0 Å². The maximum absolute atomic E-state index is 11.1. The normalized spacial score (nSPS) is 18.1. The number of hydrogen-bond donors (Lipinski definition) is 0. The van der Waals surface area contributed by atoms with Crippen molar-refractivity contribution in [3.05, 3.63) is 33.8 Å². The number of halogens is 1. The van der Waals surface area contributed by atoms with Crippen LogP contribution in [0.5, 0.6) is 0 Å². The molecule has 2 rings (SSSR count). The van der Waals surface area contributed by atoms with Crippen LogP contribution in [0.3, 0.4) is 0 Å². The summed E-state index contributed by atoms with van der Waals surface area (Å²) in [6.45, 7) is 1.99. The highest BCUT2D eigenvalue weighted by Gasteiger charge is 2.46. The summed E-state index contributed by atoms with van der Waals surface area (Å²) < 4.78 is 0.919. The van der Waals surface area contributed by atoms with Crippen molar-refractivity contribution >= 4 is 21.7 Å². The van der Waals surface area contributed by atoms with Crippen molar-refractivity contribution in [3.8, 4) is 6.07 Å². The van der Waals surface area contributed by atoms with Gasteiger partial charge in [-0.15, -0.1) is 0 Å². The number of carbonyl (C=O) groups excluding carboxylic acids is 1. The average molecular weight is 264 g/mol. The second-order valence-electron chi connectivity index (χ2n) is 4.07. The monoisotopic (exact) mass is 263 g/mol. The third-order valence-electron chi connectivity index (χ3n) is 2.85. The topological polar surface area (TPSA) is 40.9 Å². The molecule has 1 aromatic rings. The van der Waals surface area contributed by atoms with Crippen LogP contribution in [0, 0.1) is 18.3 Å². The fourth-order valence-corrected chi connectivity index (χ4v) is 2.58. The number of nitriles is 1. The summed E-state index contributed by atoms with van der Waals surface area (Å²) in [5.74, 6) is 0.171. The van der Waals surface area contributed by atoms with Gasteiger partial charge in [0.1, 0.15) is 5.78 Å². The van der Waals surface area contributed by atoms with Gasteiger partial charge in [0.05, 0.1) is 11.5 Å². The minimum absolute atomic E-state index is 0.171. The summed E-state index contributed by atoms with van der Waals surface area (Å²) >= 11 is 3.44. The molecule has 0 saturated heterocycles. The molecule has 0 aliphatic heterocycles. The Morgan fingerprint density at radius 1 is 1.47 bits per heavy atom. The van der Waals surface area contributed by atoms with E-state index in [0.29, 0.717) is 12.8 Å². The summed E-state index contributed by atoms with van der Waals surface area (Å²) in [5.41, 5.74) is 1.48. The average Bonchev–Trinajstić information content (AvgIpc) is 2.17. The molecule has 0 heterocycles. The van der Waals surface area contributed by atoms with E-state index in [9.17, 15) is 10.1 Å². The van der Waals surface area contributed by atoms with Gasteiger partial charge < -0.3 is 0 Å². The largest absolute Gasteiger partial charge is 0.300 e. The zero-order valence-corrected chi connectivity index (χ0v) is 9.97. The van der Waals surface area contributed by atoms with Crippen molar-refractivity contribution in [2.45, 2.75) is 25.2 Å². The molecular weight excluding hydrogens is 254 g/mol. The second kappa shape index (κ2) is 3.46. The van der Waals surface area contributed by atoms with Crippen LogP contribution in [0.15, 0.2) is 22.7 Å². The molecule has 2 nitrogen and oxygen atoms in total. The minimum Gasteiger partial charge on any atom is -0.300 e. The van der Waals surface area contributed by atoms with Gasteiger partial charge in [-0.05, 0) is 18.6 Å². The summed E-state index contributed by atoms with van der Waals surface area (Å²) in [5, 5.41) is 9.20. The van der Waals surface area contributed by atoms with Crippen molar-refractivity contribution in [2.75, 3.05) is 0 Å². The minimum atomic E-state index is -0.581. The zero-order valence-electron chi connectivity index (χ0n) is 8.38. The predicted octanol–water partition coefficient (Wildman–Crippen LogP) is 2.88. The third-order valence-corrected chi connectivity index (χ3v) is 3.54. The van der Waals surface area contributed by atoms with Crippen molar-refractivity contribution < 1.29 is 4.79 Å². The number of aryl methyl sites for hydroxylation is 1. The Bertz CT molecular complexity index is 465. The molecule has 1 aliphatic carbocycles. The van der Waals surface area contributed by atoms with Crippen LogP contribution in [0.4, 0.5) is 0 Å². The summed E-state index contributed by atoms with van der Waals surface area (Å²) in [4.78, 5) is 11.1. The first kappa shape index (κ1) is 10.4. The highest BCUT2D eigenvalue weighted by atomic mass is 79.9. The zero-order chi connectivity index (χ0) is 11.1. The number of rotatable bonds is 1. The molecule has 15 heavy (non-hydrogen) atoms. The van der Waals surface area contributed by atoms with E-state index in [0.717, 1.165) is 15.6 Å². The number of benzene rings is 1. The molecule has 0 spiro atoms. The lowest BCUT2D eigenvalue weighted by molar-refractivity contribution is -0.126. The Hall–Kier alpha value is -1.14. The number of ketones is 1. The molecule has 1 fully saturated rings. The number of carbonyl (C=O) groups is 1. The smallest absolute Gasteiger partial charge is 0.136 e. The van der Waals surface area contributed by atoms with Gasteiger partial charge in [-0.3, -0.25) is 4.79 Å². The van der Waals surface area contributed by atoms with Crippen molar-refractivity contribution in [1.82, 2.24) is 0 Å². The molecule has 3 heteroatoms. The lowest BCUT2D eigenvalue weighted by atomic mass is 9.64. The maximum Gasteiger partial charge on any atom is 0.136 e. The molecule has 0 N–H and O–H groups in total. The molecule has 0 amide bonds. The van der Waals surface area contributed by atoms with Crippen molar-refractivity contribution in [1.29, 1.82) is 5.26 Å². The van der Waals surface area contributed by atoms with Crippen LogP contribution in [-0.4, -0.2) is 5.78 Å². The summed E-state index contributed by atoms with van der Waals surface area (Å²) in [6.07, 6.45) is 0.705. The molecule has 0 atom stereocenters. The Morgan fingerprint density at radius 3 is 2.67 bits per heavy atom. The van der Waals surface area contributed by atoms with Gasteiger partial charge in [0.2, 0.25) is 0 Å². The van der Waals surface area contributed by atoms with E-state index in [4.69, 9.17) is 0 Å². The van der Waals surface area contributed by atoms with Gasteiger partial charge in [0.15, 0.2) is 0 Å². The third kappa shape index (κ3) is 1.59. The summed E-state index contributed by atoms with van der Waals surface area (Å²) in [6, 6.07) is 8.19. The Morgan fingerprint density at radius 2 is 2.13 bits per heavy atom. The Balaban J connectivity index is 2.49. The highest BCUT2D eigenvalue weighted by molar-refractivity contribution is 9.10. The van der Waals surface area contributed by atoms with Crippen LogP contribution in [0.1, 0.15) is 24.0 Å². The quantitative estimate of drug-likeness (QED) is 0.782. The molecular formula is C12H10BrNO. The van der Waals surface area contributed by atoms with Crippen LogP contribution in [-0.2, 0) is 10.2 Å². The van der Waals surface area contributed by atoms with Gasteiger partial charge in [-0.2, -0.15) is 5.26 Å².